The molecule has 1 aromatic rings. The van der Waals surface area contributed by atoms with Crippen LogP contribution < -0.4 is 5.32 Å². The molecule has 0 aliphatic heterocycles. The number of aromatic nitrogens is 2. The van der Waals surface area contributed by atoms with Gasteiger partial charge >= 0.3 is 0 Å². The van der Waals surface area contributed by atoms with Crippen molar-refractivity contribution in [2.24, 2.45) is 0 Å². The van der Waals surface area contributed by atoms with Crippen LogP contribution in [0.1, 0.15) is 61.5 Å². The van der Waals surface area contributed by atoms with Crippen LogP contribution in [-0.4, -0.2) is 17.0 Å². The lowest BCUT2D eigenvalue weighted by Crippen LogP contribution is -2.12. The smallest absolute Gasteiger partial charge is 0.134 e. The second-order valence-electron chi connectivity index (χ2n) is 5.29. The van der Waals surface area contributed by atoms with Crippen LogP contribution in [-0.2, 0) is 12.8 Å². The number of hydrogen-bond acceptors (Lipinski definition) is 3. The summed E-state index contributed by atoms with van der Waals surface area (Å²) in [6, 6.07) is 0. The molecular formula is C14H21N3. The highest BCUT2D eigenvalue weighted by atomic mass is 15.0. The van der Waals surface area contributed by atoms with Crippen molar-refractivity contribution in [1.29, 1.82) is 0 Å². The van der Waals surface area contributed by atoms with Crippen LogP contribution in [0, 0.1) is 0 Å². The van der Waals surface area contributed by atoms with Gasteiger partial charge in [0.15, 0.2) is 0 Å². The molecule has 0 aromatic carbocycles. The molecule has 0 bridgehead atoms. The van der Waals surface area contributed by atoms with E-state index in [2.05, 4.69) is 5.32 Å². The van der Waals surface area contributed by atoms with Gasteiger partial charge in [-0.15, -0.1) is 0 Å². The van der Waals surface area contributed by atoms with Gasteiger partial charge in [-0.1, -0.05) is 19.3 Å². The molecule has 1 heterocycles. The first-order valence-corrected chi connectivity index (χ1v) is 6.96. The van der Waals surface area contributed by atoms with Crippen LogP contribution in [0.25, 0.3) is 0 Å². The number of nitrogens with one attached hydrogen (secondary N) is 1. The summed E-state index contributed by atoms with van der Waals surface area (Å²) >= 11 is 0. The van der Waals surface area contributed by atoms with Crippen LogP contribution in [0.2, 0.25) is 0 Å². The van der Waals surface area contributed by atoms with Gasteiger partial charge in [0.25, 0.3) is 0 Å². The van der Waals surface area contributed by atoms with E-state index in [1.54, 1.807) is 0 Å². The van der Waals surface area contributed by atoms with Gasteiger partial charge in [-0.25, -0.2) is 9.97 Å². The third-order valence-corrected chi connectivity index (χ3v) is 4.16. The Bertz CT molecular complexity index is 408. The Kier molecular flexibility index (Phi) is 3.00. The zero-order valence-corrected chi connectivity index (χ0v) is 10.6. The topological polar surface area (TPSA) is 37.8 Å². The summed E-state index contributed by atoms with van der Waals surface area (Å²) < 4.78 is 0. The van der Waals surface area contributed by atoms with Crippen molar-refractivity contribution in [2.45, 2.75) is 57.3 Å². The molecule has 0 amide bonds. The summed E-state index contributed by atoms with van der Waals surface area (Å²) in [4.78, 5) is 9.60. The van der Waals surface area contributed by atoms with Gasteiger partial charge in [0.2, 0.25) is 0 Å². The molecule has 1 aromatic heterocycles. The first-order chi connectivity index (χ1) is 8.38. The van der Waals surface area contributed by atoms with Crippen molar-refractivity contribution in [2.75, 3.05) is 12.4 Å². The second-order valence-corrected chi connectivity index (χ2v) is 5.29. The number of nitrogens with zero attached hydrogens (tertiary/aromatic N) is 2. The van der Waals surface area contributed by atoms with Crippen molar-refractivity contribution < 1.29 is 0 Å². The average Bonchev–Trinajstić information content (AvgIpc) is 2.86. The molecular weight excluding hydrogens is 210 g/mol. The lowest BCUT2D eigenvalue weighted by atomic mass is 9.88. The molecule has 1 saturated carbocycles. The Morgan fingerprint density at radius 1 is 1.00 bits per heavy atom. The zero-order valence-electron chi connectivity index (χ0n) is 10.6. The Morgan fingerprint density at radius 3 is 2.59 bits per heavy atom. The predicted molar refractivity (Wildman–Crippen MR) is 69.4 cm³/mol. The Balaban J connectivity index is 1.94. The molecule has 3 rings (SSSR count). The van der Waals surface area contributed by atoms with Crippen LogP contribution >= 0.6 is 0 Å². The maximum Gasteiger partial charge on any atom is 0.134 e. The minimum absolute atomic E-state index is 0.613. The lowest BCUT2D eigenvalue weighted by molar-refractivity contribution is 0.428. The van der Waals surface area contributed by atoms with Gasteiger partial charge < -0.3 is 5.32 Å². The molecule has 0 spiro atoms. The molecule has 17 heavy (non-hydrogen) atoms. The average molecular weight is 231 g/mol. The van der Waals surface area contributed by atoms with E-state index >= 15 is 0 Å². The molecule has 1 N–H and O–H groups in total. The van der Waals surface area contributed by atoms with E-state index in [0.717, 1.165) is 24.5 Å². The van der Waals surface area contributed by atoms with E-state index in [1.807, 2.05) is 7.05 Å². The van der Waals surface area contributed by atoms with E-state index in [0.29, 0.717) is 5.92 Å². The Morgan fingerprint density at radius 2 is 1.82 bits per heavy atom. The maximum absolute atomic E-state index is 4.83. The lowest BCUT2D eigenvalue weighted by Gasteiger charge is -2.21. The van der Waals surface area contributed by atoms with Gasteiger partial charge in [0, 0.05) is 24.2 Å². The molecule has 0 atom stereocenters. The first kappa shape index (κ1) is 11.0. The molecule has 0 unspecified atom stereocenters. The van der Waals surface area contributed by atoms with Crippen molar-refractivity contribution >= 4 is 5.82 Å². The largest absolute Gasteiger partial charge is 0.373 e. The highest BCUT2D eigenvalue weighted by Gasteiger charge is 2.23. The highest BCUT2D eigenvalue weighted by molar-refractivity contribution is 5.48. The van der Waals surface area contributed by atoms with Crippen LogP contribution in [0.5, 0.6) is 0 Å². The molecule has 2 aliphatic carbocycles. The van der Waals surface area contributed by atoms with Crippen molar-refractivity contribution in [3.8, 4) is 0 Å². The summed E-state index contributed by atoms with van der Waals surface area (Å²) in [6.07, 6.45) is 10.2. The quantitative estimate of drug-likeness (QED) is 0.850. The fraction of sp³-hybridized carbons (Fsp3) is 0.714. The van der Waals surface area contributed by atoms with Crippen LogP contribution in [0.15, 0.2) is 0 Å². The minimum Gasteiger partial charge on any atom is -0.373 e. The summed E-state index contributed by atoms with van der Waals surface area (Å²) in [5.74, 6) is 2.81. The highest BCUT2D eigenvalue weighted by Crippen LogP contribution is 2.34. The molecule has 0 radical (unpaired) electrons. The molecule has 0 saturated heterocycles. The predicted octanol–water partition coefficient (Wildman–Crippen LogP) is 3.05. The monoisotopic (exact) mass is 231 g/mol. The summed E-state index contributed by atoms with van der Waals surface area (Å²) in [5.41, 5.74) is 2.68. The summed E-state index contributed by atoms with van der Waals surface area (Å²) in [6.45, 7) is 0. The molecule has 1 fully saturated rings. The summed E-state index contributed by atoms with van der Waals surface area (Å²) in [5, 5.41) is 3.26. The normalized spacial score (nSPS) is 20.3. The van der Waals surface area contributed by atoms with E-state index < -0.39 is 0 Å². The van der Waals surface area contributed by atoms with E-state index in [4.69, 9.17) is 9.97 Å². The van der Waals surface area contributed by atoms with E-state index in [1.165, 1.54) is 49.8 Å². The third kappa shape index (κ3) is 2.03. The maximum atomic E-state index is 4.83. The van der Waals surface area contributed by atoms with Crippen molar-refractivity contribution in [3.05, 3.63) is 17.1 Å². The number of fused-ring (bicyclic) bond motifs is 1. The second kappa shape index (κ2) is 4.63. The summed E-state index contributed by atoms with van der Waals surface area (Å²) in [7, 11) is 1.98. The number of aryl methyl sites for hydroxylation is 1. The molecule has 2 aliphatic rings. The SMILES string of the molecule is CNc1nc(C2CCCCC2)nc2c1CCC2. The molecule has 92 valence electrons. The Labute approximate surface area is 103 Å². The molecule has 3 heteroatoms. The minimum atomic E-state index is 0.613. The first-order valence-electron chi connectivity index (χ1n) is 6.96. The van der Waals surface area contributed by atoms with Crippen LogP contribution in [0.4, 0.5) is 5.82 Å². The number of anilines is 1. The van der Waals surface area contributed by atoms with Gasteiger partial charge in [-0.3, -0.25) is 0 Å². The van der Waals surface area contributed by atoms with Gasteiger partial charge in [-0.2, -0.15) is 0 Å². The van der Waals surface area contributed by atoms with Gasteiger partial charge in [0.1, 0.15) is 11.6 Å². The Hall–Kier alpha value is -1.12. The van der Waals surface area contributed by atoms with Crippen LogP contribution in [0.3, 0.4) is 0 Å². The van der Waals surface area contributed by atoms with Gasteiger partial charge in [-0.05, 0) is 32.1 Å². The standard InChI is InChI=1S/C14H21N3/c1-15-14-11-8-5-9-12(11)16-13(17-14)10-6-3-2-4-7-10/h10H,2-9H2,1H3,(H,15,16,17). The van der Waals surface area contributed by atoms with Crippen molar-refractivity contribution in [3.63, 3.8) is 0 Å². The third-order valence-electron chi connectivity index (χ3n) is 4.16. The zero-order chi connectivity index (χ0) is 11.7. The van der Waals surface area contributed by atoms with E-state index in [-0.39, 0.29) is 0 Å². The number of hydrogen-bond donors (Lipinski definition) is 1. The fourth-order valence-electron chi connectivity index (χ4n) is 3.20. The molecule has 3 nitrogen and oxygen atoms in total. The fourth-order valence-corrected chi connectivity index (χ4v) is 3.20. The number of rotatable bonds is 2. The van der Waals surface area contributed by atoms with E-state index in [9.17, 15) is 0 Å². The van der Waals surface area contributed by atoms with Crippen molar-refractivity contribution in [1.82, 2.24) is 9.97 Å². The van der Waals surface area contributed by atoms with Gasteiger partial charge in [0.05, 0.1) is 0 Å².